The van der Waals surface area contributed by atoms with Gasteiger partial charge in [0.1, 0.15) is 5.76 Å². The van der Waals surface area contributed by atoms with Gasteiger partial charge in [0.15, 0.2) is 4.67 Å². The van der Waals surface area contributed by atoms with Crippen LogP contribution in [0.1, 0.15) is 50.3 Å². The smallest absolute Gasteiger partial charge is 0.169 e. The minimum absolute atomic E-state index is 0.247. The Bertz CT molecular complexity index is 418. The van der Waals surface area contributed by atoms with Crippen LogP contribution < -0.4 is 5.73 Å². The van der Waals surface area contributed by atoms with Crippen molar-refractivity contribution >= 4 is 15.9 Å². The van der Waals surface area contributed by atoms with Gasteiger partial charge in [-0.15, -0.1) is 0 Å². The third-order valence-corrected chi connectivity index (χ3v) is 5.26. The summed E-state index contributed by atoms with van der Waals surface area (Å²) < 4.78 is 6.57. The average Bonchev–Trinajstić information content (AvgIpc) is 2.86. The number of halogens is 1. The van der Waals surface area contributed by atoms with Crippen LogP contribution in [0.3, 0.4) is 0 Å². The van der Waals surface area contributed by atoms with Crippen molar-refractivity contribution in [1.82, 2.24) is 4.90 Å². The van der Waals surface area contributed by atoms with Crippen molar-refractivity contribution in [3.05, 3.63) is 22.6 Å². The molecular formula is C15H23BrN2O. The van der Waals surface area contributed by atoms with Crippen molar-refractivity contribution in [2.24, 2.45) is 11.7 Å². The lowest BCUT2D eigenvalue weighted by molar-refractivity contribution is 0.0205. The summed E-state index contributed by atoms with van der Waals surface area (Å²) in [6.07, 6.45) is 8.23. The first-order valence-electron chi connectivity index (χ1n) is 7.50. The fourth-order valence-electron chi connectivity index (χ4n) is 3.97. The Morgan fingerprint density at radius 2 is 2.05 bits per heavy atom. The molecule has 0 amide bonds. The topological polar surface area (TPSA) is 42.4 Å². The zero-order valence-corrected chi connectivity index (χ0v) is 12.9. The Hall–Kier alpha value is -0.320. The molecule has 1 unspecified atom stereocenters. The molecule has 3 rings (SSSR count). The summed E-state index contributed by atoms with van der Waals surface area (Å²) in [5.74, 6) is 1.90. The highest BCUT2D eigenvalue weighted by Crippen LogP contribution is 2.39. The number of hydrogen-bond donors (Lipinski definition) is 1. The molecule has 2 fully saturated rings. The molecule has 3 nitrogen and oxygen atoms in total. The number of nitrogens with two attached hydrogens (primary N) is 1. The van der Waals surface area contributed by atoms with E-state index in [0.717, 1.165) is 22.4 Å². The molecule has 2 heterocycles. The Kier molecular flexibility index (Phi) is 4.30. The van der Waals surface area contributed by atoms with Crippen LogP contribution in [0.4, 0.5) is 0 Å². The predicted octanol–water partition coefficient (Wildman–Crippen LogP) is 3.70. The monoisotopic (exact) mass is 326 g/mol. The van der Waals surface area contributed by atoms with E-state index in [1.165, 1.54) is 45.1 Å². The Morgan fingerprint density at radius 1 is 1.26 bits per heavy atom. The molecular weight excluding hydrogens is 304 g/mol. The van der Waals surface area contributed by atoms with E-state index in [1.54, 1.807) is 0 Å². The zero-order valence-electron chi connectivity index (χ0n) is 11.4. The zero-order chi connectivity index (χ0) is 13.2. The van der Waals surface area contributed by atoms with Gasteiger partial charge >= 0.3 is 0 Å². The summed E-state index contributed by atoms with van der Waals surface area (Å²) in [5, 5.41) is 0. The van der Waals surface area contributed by atoms with Crippen molar-refractivity contribution in [3.8, 4) is 0 Å². The van der Waals surface area contributed by atoms with E-state index < -0.39 is 0 Å². The summed E-state index contributed by atoms with van der Waals surface area (Å²) in [4.78, 5) is 2.62. The van der Waals surface area contributed by atoms with Gasteiger partial charge in [-0.25, -0.2) is 0 Å². The van der Waals surface area contributed by atoms with E-state index in [2.05, 4.69) is 26.9 Å². The highest BCUT2D eigenvalue weighted by molar-refractivity contribution is 9.10. The normalized spacial score (nSPS) is 30.0. The number of likely N-dealkylation sites (tertiary alicyclic amines) is 1. The molecule has 2 aliphatic rings. The van der Waals surface area contributed by atoms with Crippen LogP contribution in [0.15, 0.2) is 21.2 Å². The van der Waals surface area contributed by atoms with Crippen LogP contribution in [0, 0.1) is 5.92 Å². The standard InChI is InChI=1S/C15H23BrN2O/c16-15-8-7-14(19-15)13(10-17)18-9-3-5-11-4-1-2-6-12(11)18/h7-8,11-13H,1-6,9-10,17H2/t11-,12-,13?/m1/s1. The molecule has 3 atom stereocenters. The Balaban J connectivity index is 1.81. The van der Waals surface area contributed by atoms with Crippen LogP contribution in [-0.4, -0.2) is 24.0 Å². The lowest BCUT2D eigenvalue weighted by Gasteiger charge is -2.47. The van der Waals surface area contributed by atoms with Gasteiger partial charge < -0.3 is 10.2 Å². The minimum atomic E-state index is 0.247. The molecule has 1 aliphatic heterocycles. The number of furan rings is 1. The lowest BCUT2D eigenvalue weighted by Crippen LogP contribution is -2.49. The van der Waals surface area contributed by atoms with E-state index in [4.69, 9.17) is 10.2 Å². The highest BCUT2D eigenvalue weighted by Gasteiger charge is 2.37. The summed E-state index contributed by atoms with van der Waals surface area (Å²) in [5.41, 5.74) is 6.05. The number of piperidine rings is 1. The molecule has 1 aromatic rings. The number of hydrogen-bond acceptors (Lipinski definition) is 3. The first-order valence-corrected chi connectivity index (χ1v) is 8.30. The van der Waals surface area contributed by atoms with Crippen molar-refractivity contribution < 1.29 is 4.42 Å². The maximum atomic E-state index is 6.05. The van der Waals surface area contributed by atoms with Crippen LogP contribution in [0.25, 0.3) is 0 Å². The van der Waals surface area contributed by atoms with Crippen LogP contribution in [0.5, 0.6) is 0 Å². The van der Waals surface area contributed by atoms with Crippen molar-refractivity contribution in [3.63, 3.8) is 0 Å². The third kappa shape index (κ3) is 2.76. The summed E-state index contributed by atoms with van der Waals surface area (Å²) >= 11 is 3.40. The van der Waals surface area contributed by atoms with Gasteiger partial charge in [0.25, 0.3) is 0 Å². The van der Waals surface area contributed by atoms with Gasteiger partial charge in [0.05, 0.1) is 6.04 Å². The maximum Gasteiger partial charge on any atom is 0.169 e. The molecule has 1 aromatic heterocycles. The fourth-order valence-corrected chi connectivity index (χ4v) is 4.29. The average molecular weight is 327 g/mol. The first-order chi connectivity index (χ1) is 9.29. The quantitative estimate of drug-likeness (QED) is 0.920. The van der Waals surface area contributed by atoms with Gasteiger partial charge in [0.2, 0.25) is 0 Å². The largest absolute Gasteiger partial charge is 0.453 e. The Morgan fingerprint density at radius 3 is 2.79 bits per heavy atom. The molecule has 1 saturated carbocycles. The first kappa shape index (κ1) is 13.7. The van der Waals surface area contributed by atoms with Gasteiger partial charge in [0, 0.05) is 12.6 Å². The van der Waals surface area contributed by atoms with Gasteiger partial charge in [-0.05, 0) is 66.2 Å². The molecule has 2 N–H and O–H groups in total. The van der Waals surface area contributed by atoms with Crippen LogP contribution >= 0.6 is 15.9 Å². The molecule has 0 aromatic carbocycles. The fraction of sp³-hybridized carbons (Fsp3) is 0.733. The molecule has 106 valence electrons. The van der Waals surface area contributed by atoms with E-state index in [-0.39, 0.29) is 6.04 Å². The molecule has 1 aliphatic carbocycles. The third-order valence-electron chi connectivity index (χ3n) is 4.83. The number of nitrogens with zero attached hydrogens (tertiary/aromatic N) is 1. The highest BCUT2D eigenvalue weighted by atomic mass is 79.9. The van der Waals surface area contributed by atoms with Gasteiger partial charge in [-0.3, -0.25) is 4.90 Å². The van der Waals surface area contributed by atoms with Gasteiger partial charge in [-0.2, -0.15) is 0 Å². The molecule has 19 heavy (non-hydrogen) atoms. The second-order valence-electron chi connectivity index (χ2n) is 5.89. The molecule has 0 spiro atoms. The molecule has 1 saturated heterocycles. The molecule has 0 bridgehead atoms. The van der Waals surface area contributed by atoms with Crippen molar-refractivity contribution in [2.75, 3.05) is 13.1 Å². The SMILES string of the molecule is NCC(c1ccc(Br)o1)N1CCC[C@H]2CCCC[C@H]21. The minimum Gasteiger partial charge on any atom is -0.453 e. The van der Waals surface area contributed by atoms with Crippen molar-refractivity contribution in [1.29, 1.82) is 0 Å². The second-order valence-corrected chi connectivity index (χ2v) is 6.67. The maximum absolute atomic E-state index is 6.05. The molecule has 0 radical (unpaired) electrons. The summed E-state index contributed by atoms with van der Waals surface area (Å²) in [7, 11) is 0. The van der Waals surface area contributed by atoms with Gasteiger partial charge in [-0.1, -0.05) is 12.8 Å². The molecule has 4 heteroatoms. The van der Waals surface area contributed by atoms with Crippen LogP contribution in [0.2, 0.25) is 0 Å². The van der Waals surface area contributed by atoms with E-state index in [0.29, 0.717) is 6.54 Å². The number of rotatable bonds is 3. The van der Waals surface area contributed by atoms with Crippen LogP contribution in [-0.2, 0) is 0 Å². The lowest BCUT2D eigenvalue weighted by atomic mass is 9.77. The second kappa shape index (κ2) is 5.98. The predicted molar refractivity (Wildman–Crippen MR) is 79.9 cm³/mol. The summed E-state index contributed by atoms with van der Waals surface area (Å²) in [6.45, 7) is 1.81. The van der Waals surface area contributed by atoms with E-state index >= 15 is 0 Å². The summed E-state index contributed by atoms with van der Waals surface area (Å²) in [6, 6.07) is 5.01. The van der Waals surface area contributed by atoms with Crippen molar-refractivity contribution in [2.45, 2.75) is 50.6 Å². The Labute approximate surface area is 123 Å². The van der Waals surface area contributed by atoms with E-state index in [9.17, 15) is 0 Å². The number of fused-ring (bicyclic) bond motifs is 1. The van der Waals surface area contributed by atoms with E-state index in [1.807, 2.05) is 6.07 Å².